The molecule has 1 aromatic carbocycles. The van der Waals surface area contributed by atoms with Gasteiger partial charge in [0.25, 0.3) is 0 Å². The highest BCUT2D eigenvalue weighted by atomic mass is 16.6. The third kappa shape index (κ3) is 5.17. The molecule has 3 aliphatic heterocycles. The number of hydrogen-bond acceptors (Lipinski definition) is 7. The predicted molar refractivity (Wildman–Crippen MR) is 139 cm³/mol. The zero-order valence-corrected chi connectivity index (χ0v) is 22.6. The van der Waals surface area contributed by atoms with Gasteiger partial charge in [0.05, 0.1) is 23.7 Å². The third-order valence-electron chi connectivity index (χ3n) is 8.18. The van der Waals surface area contributed by atoms with Gasteiger partial charge >= 0.3 is 12.1 Å². The Bertz CT molecular complexity index is 1240. The lowest BCUT2D eigenvalue weighted by atomic mass is 10.0. The fourth-order valence-corrected chi connectivity index (χ4v) is 6.55. The van der Waals surface area contributed by atoms with Crippen molar-refractivity contribution in [2.75, 3.05) is 19.6 Å². The zero-order valence-electron chi connectivity index (χ0n) is 22.6. The summed E-state index contributed by atoms with van der Waals surface area (Å²) in [5, 5.41) is 21.5. The first kappa shape index (κ1) is 26.9. The average Bonchev–Trinajstić information content (AvgIpc) is 3.64. The highest BCUT2D eigenvalue weighted by Gasteiger charge is 2.53. The van der Waals surface area contributed by atoms with Crippen molar-refractivity contribution in [2.45, 2.75) is 88.7 Å². The Labute approximate surface area is 227 Å². The van der Waals surface area contributed by atoms with Gasteiger partial charge in [-0.1, -0.05) is 6.07 Å². The largest absolute Gasteiger partial charge is 0.478 e. The van der Waals surface area contributed by atoms with Gasteiger partial charge in [0.2, 0.25) is 11.8 Å². The molecule has 1 aromatic rings. The Morgan fingerprint density at radius 1 is 1.23 bits per heavy atom. The molecular formula is C28H35N5O6. The Morgan fingerprint density at radius 3 is 2.67 bits per heavy atom. The minimum absolute atomic E-state index is 0.00838. The summed E-state index contributed by atoms with van der Waals surface area (Å²) in [6.07, 6.45) is 2.71. The second-order valence-corrected chi connectivity index (χ2v) is 11.9. The summed E-state index contributed by atoms with van der Waals surface area (Å²) in [5.41, 5.74) is 1.48. The molecule has 1 aliphatic carbocycles. The summed E-state index contributed by atoms with van der Waals surface area (Å²) in [4.78, 5) is 56.6. The van der Waals surface area contributed by atoms with Gasteiger partial charge in [-0.2, -0.15) is 5.26 Å². The molecule has 3 saturated heterocycles. The van der Waals surface area contributed by atoms with Crippen molar-refractivity contribution in [1.29, 1.82) is 5.26 Å². The van der Waals surface area contributed by atoms with Gasteiger partial charge in [0.1, 0.15) is 17.7 Å². The molecule has 11 nitrogen and oxygen atoms in total. The number of carboxylic acids is 1. The number of ether oxygens (including phenoxy) is 1. The van der Waals surface area contributed by atoms with Crippen molar-refractivity contribution >= 4 is 23.9 Å². The van der Waals surface area contributed by atoms with Crippen molar-refractivity contribution in [3.8, 4) is 6.07 Å². The molecule has 208 valence electrons. The quantitative estimate of drug-likeness (QED) is 0.561. The van der Waals surface area contributed by atoms with Gasteiger partial charge < -0.3 is 25.0 Å². The first-order valence-electron chi connectivity index (χ1n) is 13.6. The molecule has 4 aliphatic rings. The normalized spacial score (nSPS) is 26.9. The molecule has 3 heterocycles. The summed E-state index contributed by atoms with van der Waals surface area (Å²) in [6.45, 7) is 6.39. The standard InChI is InChI=1S/C28H35N5O6/c1-28(2,3)39-27(38)30-21(24(34)32-10-4-5-18(32)13-29)15-31-14-19-12-23(31)25(35)33(19)22-9-7-16-11-17(26(36)37)6-8-20(16)22/h6,8,11,18-19,21-23H,4-5,7,9-10,12,14-15H2,1-3H3,(H,30,38)(H,36,37)/t18-,19-,21-,22-,23-/m0/s1. The van der Waals surface area contributed by atoms with Gasteiger partial charge in [-0.15, -0.1) is 0 Å². The van der Waals surface area contributed by atoms with Crippen LogP contribution in [0.25, 0.3) is 0 Å². The maximum atomic E-state index is 13.6. The highest BCUT2D eigenvalue weighted by molar-refractivity contribution is 5.89. The van der Waals surface area contributed by atoms with Gasteiger partial charge in [0.15, 0.2) is 0 Å². The van der Waals surface area contributed by atoms with E-state index in [1.165, 1.54) is 4.90 Å². The summed E-state index contributed by atoms with van der Waals surface area (Å²) in [5.74, 6) is -1.31. The Morgan fingerprint density at radius 2 is 2.00 bits per heavy atom. The number of carbonyl (C=O) groups is 4. The van der Waals surface area contributed by atoms with Gasteiger partial charge in [-0.3, -0.25) is 14.5 Å². The Kier molecular flexibility index (Phi) is 7.01. The van der Waals surface area contributed by atoms with Crippen LogP contribution in [0.3, 0.4) is 0 Å². The number of nitrogens with one attached hydrogen (secondary N) is 1. The van der Waals surface area contributed by atoms with E-state index in [1.807, 2.05) is 15.9 Å². The van der Waals surface area contributed by atoms with E-state index >= 15 is 0 Å². The van der Waals surface area contributed by atoms with Gasteiger partial charge in [-0.25, -0.2) is 9.59 Å². The number of likely N-dealkylation sites (tertiary alicyclic amines) is 3. The molecule has 5 atom stereocenters. The molecule has 0 aromatic heterocycles. The number of aromatic carboxylic acids is 1. The molecule has 0 saturated carbocycles. The van der Waals surface area contributed by atoms with E-state index in [9.17, 15) is 29.5 Å². The summed E-state index contributed by atoms with van der Waals surface area (Å²) in [7, 11) is 0. The number of fused-ring (bicyclic) bond motifs is 3. The fourth-order valence-electron chi connectivity index (χ4n) is 6.55. The number of rotatable bonds is 6. The number of piperazine rings is 1. The monoisotopic (exact) mass is 537 g/mol. The van der Waals surface area contributed by atoms with Crippen LogP contribution in [0, 0.1) is 11.3 Å². The maximum Gasteiger partial charge on any atom is 0.408 e. The van der Waals surface area contributed by atoms with E-state index < -0.39 is 35.8 Å². The fraction of sp³-hybridized carbons (Fsp3) is 0.607. The van der Waals surface area contributed by atoms with Gasteiger partial charge in [0, 0.05) is 25.7 Å². The van der Waals surface area contributed by atoms with Crippen molar-refractivity contribution in [3.63, 3.8) is 0 Å². The number of hydrogen-bond donors (Lipinski definition) is 2. The lowest BCUT2D eigenvalue weighted by molar-refractivity contribution is -0.141. The lowest BCUT2D eigenvalue weighted by Crippen LogP contribution is -2.59. The second kappa shape index (κ2) is 10.2. The molecule has 5 rings (SSSR count). The molecule has 2 bridgehead atoms. The predicted octanol–water partition coefficient (Wildman–Crippen LogP) is 2.07. The molecule has 0 radical (unpaired) electrons. The minimum atomic E-state index is -0.965. The van der Waals surface area contributed by atoms with Crippen molar-refractivity contribution in [2.24, 2.45) is 0 Å². The van der Waals surface area contributed by atoms with E-state index in [0.717, 1.165) is 30.4 Å². The SMILES string of the molecule is CC(C)(C)OC(=O)N[C@@H](CN1C[C@@H]2C[C@H]1C(=O)N2[C@H]1CCc2cc(C(=O)O)ccc21)C(=O)N1CCC[C@H]1C#N. The van der Waals surface area contributed by atoms with E-state index in [-0.39, 0.29) is 36.0 Å². The molecule has 11 heteroatoms. The molecule has 2 N–H and O–H groups in total. The Balaban J connectivity index is 1.30. The van der Waals surface area contributed by atoms with Crippen LogP contribution in [0.15, 0.2) is 18.2 Å². The Hall–Kier alpha value is -3.65. The van der Waals surface area contributed by atoms with Crippen LogP contribution in [0.2, 0.25) is 0 Å². The minimum Gasteiger partial charge on any atom is -0.478 e. The van der Waals surface area contributed by atoms with Crippen LogP contribution in [0.5, 0.6) is 0 Å². The average molecular weight is 538 g/mol. The smallest absolute Gasteiger partial charge is 0.408 e. The number of amides is 3. The first-order chi connectivity index (χ1) is 18.5. The van der Waals surface area contributed by atoms with Crippen molar-refractivity contribution < 1.29 is 29.0 Å². The van der Waals surface area contributed by atoms with E-state index in [1.54, 1.807) is 32.9 Å². The number of aryl methyl sites for hydroxylation is 1. The second-order valence-electron chi connectivity index (χ2n) is 11.9. The van der Waals surface area contributed by atoms with E-state index in [0.29, 0.717) is 25.9 Å². The van der Waals surface area contributed by atoms with Crippen molar-refractivity contribution in [1.82, 2.24) is 20.0 Å². The molecule has 39 heavy (non-hydrogen) atoms. The topological polar surface area (TPSA) is 143 Å². The highest BCUT2D eigenvalue weighted by Crippen LogP contribution is 2.44. The number of carbonyl (C=O) groups excluding carboxylic acids is 3. The first-order valence-corrected chi connectivity index (χ1v) is 13.6. The summed E-state index contributed by atoms with van der Waals surface area (Å²) in [6, 6.07) is 5.29. The van der Waals surface area contributed by atoms with Crippen LogP contribution < -0.4 is 5.32 Å². The molecule has 3 amide bonds. The number of nitriles is 1. The zero-order chi connectivity index (χ0) is 28.1. The lowest BCUT2D eigenvalue weighted by Gasteiger charge is -2.39. The number of carboxylic acid groups (broad SMARTS) is 1. The van der Waals surface area contributed by atoms with Crippen LogP contribution in [-0.2, 0) is 20.7 Å². The maximum absolute atomic E-state index is 13.6. The number of nitrogens with zero attached hydrogens (tertiary/aromatic N) is 4. The third-order valence-corrected chi connectivity index (χ3v) is 8.18. The number of alkyl carbamates (subject to hydrolysis) is 1. The van der Waals surface area contributed by atoms with E-state index in [4.69, 9.17) is 4.74 Å². The molecule has 0 unspecified atom stereocenters. The molecular weight excluding hydrogens is 502 g/mol. The summed E-state index contributed by atoms with van der Waals surface area (Å²) >= 11 is 0. The van der Waals surface area contributed by atoms with E-state index in [2.05, 4.69) is 11.4 Å². The van der Waals surface area contributed by atoms with Crippen LogP contribution >= 0.6 is 0 Å². The summed E-state index contributed by atoms with van der Waals surface area (Å²) < 4.78 is 5.41. The van der Waals surface area contributed by atoms with Crippen LogP contribution in [0.1, 0.15) is 74.0 Å². The van der Waals surface area contributed by atoms with Gasteiger partial charge in [-0.05, 0) is 76.1 Å². The van der Waals surface area contributed by atoms with Crippen LogP contribution in [0.4, 0.5) is 4.79 Å². The molecule has 3 fully saturated rings. The number of benzene rings is 1. The van der Waals surface area contributed by atoms with Crippen LogP contribution in [-0.4, -0.2) is 93.1 Å². The molecule has 0 spiro atoms. The van der Waals surface area contributed by atoms with Crippen molar-refractivity contribution in [3.05, 3.63) is 34.9 Å².